The maximum atomic E-state index is 13.3. The number of hydrogen-bond donors (Lipinski definition) is 1. The first-order chi connectivity index (χ1) is 13.5. The zero-order chi connectivity index (χ0) is 19.6. The van der Waals surface area contributed by atoms with Gasteiger partial charge in [-0.3, -0.25) is 14.6 Å². The SMILES string of the molecule is O=C(Nc1cccc(F)c1)c1cncc(C(=O)N2CCC3(CC2)OCCO3)c1. The second-order valence-corrected chi connectivity index (χ2v) is 6.83. The number of amides is 2. The summed E-state index contributed by atoms with van der Waals surface area (Å²) in [4.78, 5) is 30.9. The highest BCUT2D eigenvalue weighted by Crippen LogP contribution is 2.31. The van der Waals surface area contributed by atoms with Crippen LogP contribution in [0.15, 0.2) is 42.7 Å². The molecule has 0 saturated carbocycles. The van der Waals surface area contributed by atoms with Crippen molar-refractivity contribution in [2.24, 2.45) is 0 Å². The van der Waals surface area contributed by atoms with Crippen molar-refractivity contribution < 1.29 is 23.5 Å². The lowest BCUT2D eigenvalue weighted by Gasteiger charge is -2.37. The minimum absolute atomic E-state index is 0.194. The zero-order valence-electron chi connectivity index (χ0n) is 15.2. The van der Waals surface area contributed by atoms with E-state index >= 15 is 0 Å². The number of ether oxygens (including phenoxy) is 2. The van der Waals surface area contributed by atoms with Crippen LogP contribution in [0.1, 0.15) is 33.6 Å². The molecule has 0 radical (unpaired) electrons. The van der Waals surface area contributed by atoms with Gasteiger partial charge in [-0.1, -0.05) is 6.07 Å². The fourth-order valence-corrected chi connectivity index (χ4v) is 3.47. The molecule has 2 aliphatic heterocycles. The van der Waals surface area contributed by atoms with Gasteiger partial charge in [-0.25, -0.2) is 4.39 Å². The van der Waals surface area contributed by atoms with Crippen molar-refractivity contribution in [2.45, 2.75) is 18.6 Å². The van der Waals surface area contributed by atoms with Crippen LogP contribution in [0.25, 0.3) is 0 Å². The number of piperidine rings is 1. The largest absolute Gasteiger partial charge is 0.347 e. The van der Waals surface area contributed by atoms with E-state index in [4.69, 9.17) is 9.47 Å². The van der Waals surface area contributed by atoms with Crippen LogP contribution in [-0.2, 0) is 9.47 Å². The summed E-state index contributed by atoms with van der Waals surface area (Å²) in [5.41, 5.74) is 0.891. The average Bonchev–Trinajstić information content (AvgIpc) is 3.16. The van der Waals surface area contributed by atoms with Crippen LogP contribution < -0.4 is 5.32 Å². The van der Waals surface area contributed by atoms with Gasteiger partial charge in [-0.05, 0) is 24.3 Å². The van der Waals surface area contributed by atoms with Gasteiger partial charge in [-0.15, -0.1) is 0 Å². The van der Waals surface area contributed by atoms with Crippen LogP contribution >= 0.6 is 0 Å². The van der Waals surface area contributed by atoms with Gasteiger partial charge in [0, 0.05) is 44.0 Å². The lowest BCUT2D eigenvalue weighted by atomic mass is 10.0. The van der Waals surface area contributed by atoms with Crippen molar-refractivity contribution in [2.75, 3.05) is 31.6 Å². The van der Waals surface area contributed by atoms with Crippen LogP contribution in [-0.4, -0.2) is 53.8 Å². The molecule has 2 aliphatic rings. The molecule has 0 atom stereocenters. The molecule has 28 heavy (non-hydrogen) atoms. The molecule has 2 aromatic rings. The maximum absolute atomic E-state index is 13.3. The van der Waals surface area contributed by atoms with E-state index in [1.165, 1.54) is 36.7 Å². The van der Waals surface area contributed by atoms with E-state index in [0.717, 1.165) is 0 Å². The Labute approximate surface area is 161 Å². The van der Waals surface area contributed by atoms with Crippen LogP contribution in [0.5, 0.6) is 0 Å². The Hall–Kier alpha value is -2.84. The third kappa shape index (κ3) is 3.88. The summed E-state index contributed by atoms with van der Waals surface area (Å²) in [6, 6.07) is 7.10. The van der Waals surface area contributed by atoms with Crippen molar-refractivity contribution in [3.8, 4) is 0 Å². The fourth-order valence-electron chi connectivity index (χ4n) is 3.47. The number of carbonyl (C=O) groups excluding carboxylic acids is 2. The number of benzene rings is 1. The molecule has 2 saturated heterocycles. The quantitative estimate of drug-likeness (QED) is 0.878. The second-order valence-electron chi connectivity index (χ2n) is 6.83. The molecular weight excluding hydrogens is 365 g/mol. The number of nitrogens with one attached hydrogen (secondary N) is 1. The normalized spacial score (nSPS) is 18.2. The van der Waals surface area contributed by atoms with Crippen molar-refractivity contribution in [3.63, 3.8) is 0 Å². The minimum atomic E-state index is -0.554. The number of aromatic nitrogens is 1. The molecule has 4 rings (SSSR count). The highest BCUT2D eigenvalue weighted by Gasteiger charge is 2.40. The van der Waals surface area contributed by atoms with E-state index in [2.05, 4.69) is 10.3 Å². The van der Waals surface area contributed by atoms with Gasteiger partial charge in [0.2, 0.25) is 0 Å². The van der Waals surface area contributed by atoms with E-state index in [1.807, 2.05) is 0 Å². The monoisotopic (exact) mass is 385 g/mol. The zero-order valence-corrected chi connectivity index (χ0v) is 15.2. The molecule has 1 aromatic heterocycles. The number of nitrogens with zero attached hydrogens (tertiary/aromatic N) is 2. The third-order valence-electron chi connectivity index (χ3n) is 4.96. The van der Waals surface area contributed by atoms with Crippen molar-refractivity contribution in [1.82, 2.24) is 9.88 Å². The minimum Gasteiger partial charge on any atom is -0.347 e. The molecule has 2 fully saturated rings. The van der Waals surface area contributed by atoms with Crippen molar-refractivity contribution in [3.05, 3.63) is 59.7 Å². The number of rotatable bonds is 3. The van der Waals surface area contributed by atoms with Gasteiger partial charge in [0.1, 0.15) is 5.82 Å². The molecule has 0 unspecified atom stereocenters. The molecule has 146 valence electrons. The van der Waals surface area contributed by atoms with E-state index in [1.54, 1.807) is 11.0 Å². The lowest BCUT2D eigenvalue weighted by Crippen LogP contribution is -2.47. The van der Waals surface area contributed by atoms with Gasteiger partial charge < -0.3 is 19.7 Å². The Balaban J connectivity index is 1.43. The second kappa shape index (κ2) is 7.65. The molecule has 0 aliphatic carbocycles. The Morgan fingerprint density at radius 1 is 1.07 bits per heavy atom. The van der Waals surface area contributed by atoms with Crippen LogP contribution in [0.2, 0.25) is 0 Å². The Bertz CT molecular complexity index is 889. The van der Waals surface area contributed by atoms with Gasteiger partial charge in [0.05, 0.1) is 24.3 Å². The first kappa shape index (κ1) is 18.5. The molecular formula is C20H20FN3O4. The molecule has 3 heterocycles. The van der Waals surface area contributed by atoms with Crippen LogP contribution in [0, 0.1) is 5.82 Å². The Morgan fingerprint density at radius 3 is 2.50 bits per heavy atom. The highest BCUT2D eigenvalue weighted by molar-refractivity contribution is 6.05. The van der Waals surface area contributed by atoms with Gasteiger partial charge in [0.25, 0.3) is 11.8 Å². The Morgan fingerprint density at radius 2 is 1.79 bits per heavy atom. The third-order valence-corrected chi connectivity index (χ3v) is 4.96. The van der Waals surface area contributed by atoms with Gasteiger partial charge >= 0.3 is 0 Å². The number of anilines is 1. The summed E-state index contributed by atoms with van der Waals surface area (Å²) < 4.78 is 24.6. The molecule has 8 heteroatoms. The standard InChI is InChI=1S/C20H20FN3O4/c21-16-2-1-3-17(11-16)23-18(25)14-10-15(13-22-12-14)19(26)24-6-4-20(5-7-24)27-8-9-28-20/h1-3,10-13H,4-9H2,(H,23,25). The van der Waals surface area contributed by atoms with Gasteiger partial charge in [-0.2, -0.15) is 0 Å². The summed E-state index contributed by atoms with van der Waals surface area (Å²) in [6.45, 7) is 2.19. The first-order valence-corrected chi connectivity index (χ1v) is 9.14. The molecule has 1 spiro atoms. The van der Waals surface area contributed by atoms with Crippen LogP contribution in [0.3, 0.4) is 0 Å². The molecule has 0 bridgehead atoms. The predicted molar refractivity (Wildman–Crippen MR) is 98.4 cm³/mol. The number of halogens is 1. The summed E-state index contributed by atoms with van der Waals surface area (Å²) in [6.07, 6.45) is 4.04. The molecule has 1 N–H and O–H groups in total. The average molecular weight is 385 g/mol. The predicted octanol–water partition coefficient (Wildman–Crippen LogP) is 2.45. The topological polar surface area (TPSA) is 80.8 Å². The highest BCUT2D eigenvalue weighted by atomic mass is 19.1. The fraction of sp³-hybridized carbons (Fsp3) is 0.350. The lowest BCUT2D eigenvalue weighted by molar-refractivity contribution is -0.181. The maximum Gasteiger partial charge on any atom is 0.257 e. The summed E-state index contributed by atoms with van der Waals surface area (Å²) in [5, 5.41) is 2.60. The molecule has 2 amide bonds. The first-order valence-electron chi connectivity index (χ1n) is 9.14. The number of likely N-dealkylation sites (tertiary alicyclic amines) is 1. The molecule has 1 aromatic carbocycles. The Kier molecular flexibility index (Phi) is 5.06. The molecule has 7 nitrogen and oxygen atoms in total. The van der Waals surface area contributed by atoms with E-state index < -0.39 is 17.5 Å². The summed E-state index contributed by atoms with van der Waals surface area (Å²) in [7, 11) is 0. The van der Waals surface area contributed by atoms with Crippen molar-refractivity contribution in [1.29, 1.82) is 0 Å². The smallest absolute Gasteiger partial charge is 0.257 e. The van der Waals surface area contributed by atoms with Crippen molar-refractivity contribution >= 4 is 17.5 Å². The van der Waals surface area contributed by atoms with E-state index in [0.29, 0.717) is 50.4 Å². The summed E-state index contributed by atoms with van der Waals surface area (Å²) >= 11 is 0. The number of pyridine rings is 1. The van der Waals surface area contributed by atoms with Gasteiger partial charge in [0.15, 0.2) is 5.79 Å². The van der Waals surface area contributed by atoms with E-state index in [9.17, 15) is 14.0 Å². The summed E-state index contributed by atoms with van der Waals surface area (Å²) in [5.74, 6) is -1.65. The van der Waals surface area contributed by atoms with E-state index in [-0.39, 0.29) is 11.5 Å². The number of hydrogen-bond acceptors (Lipinski definition) is 5. The van der Waals surface area contributed by atoms with Crippen LogP contribution in [0.4, 0.5) is 10.1 Å². The number of carbonyl (C=O) groups is 2.